The fourth-order valence-electron chi connectivity index (χ4n) is 2.11. The van der Waals surface area contributed by atoms with E-state index in [1.165, 1.54) is 12.2 Å². The van der Waals surface area contributed by atoms with Gasteiger partial charge in [0.1, 0.15) is 0 Å². The van der Waals surface area contributed by atoms with Crippen LogP contribution in [0.4, 0.5) is 0 Å². The predicted octanol–water partition coefficient (Wildman–Crippen LogP) is 0.580. The number of carbonyl (C=O) groups excluding carboxylic acids is 1. The molecule has 1 amide bonds. The molecule has 2 radical (unpaired) electrons. The van der Waals surface area contributed by atoms with E-state index in [0.717, 1.165) is 25.7 Å². The van der Waals surface area contributed by atoms with Crippen LogP contribution >= 0.6 is 0 Å². The van der Waals surface area contributed by atoms with E-state index in [9.17, 15) is 4.79 Å². The summed E-state index contributed by atoms with van der Waals surface area (Å²) in [4.78, 5) is 18.5. The first-order valence-electron chi connectivity index (χ1n) is 5.35. The van der Waals surface area contributed by atoms with Crippen LogP contribution in [-0.4, -0.2) is 51.0 Å². The van der Waals surface area contributed by atoms with Crippen LogP contribution in [0.2, 0.25) is 0 Å². The van der Waals surface area contributed by atoms with E-state index in [2.05, 4.69) is 0 Å². The minimum absolute atomic E-state index is 0.0553. The Bertz CT molecular complexity index is 223. The zero-order valence-corrected chi connectivity index (χ0v) is 9.77. The van der Waals surface area contributed by atoms with Crippen LogP contribution in [0, 0.1) is 5.92 Å². The maximum absolute atomic E-state index is 11.8. The first kappa shape index (κ1) is 12.5. The van der Waals surface area contributed by atoms with Gasteiger partial charge in [-0.2, -0.15) is 0 Å². The van der Waals surface area contributed by atoms with Crippen LogP contribution in [0.25, 0.3) is 0 Å². The Morgan fingerprint density at radius 1 is 1.40 bits per heavy atom. The summed E-state index contributed by atoms with van der Waals surface area (Å²) < 4.78 is 0. The van der Waals surface area contributed by atoms with Crippen molar-refractivity contribution in [3.8, 4) is 0 Å². The molecule has 5 heteroatoms. The van der Waals surface area contributed by atoms with E-state index in [1.54, 1.807) is 11.9 Å². The number of nitrogens with zero attached hydrogens (tertiary/aromatic N) is 2. The van der Waals surface area contributed by atoms with Crippen LogP contribution < -0.4 is 0 Å². The molecule has 1 fully saturated rings. The number of hydrogen-bond acceptors (Lipinski definition) is 3. The van der Waals surface area contributed by atoms with E-state index in [0.29, 0.717) is 6.04 Å². The van der Waals surface area contributed by atoms with E-state index in [1.807, 2.05) is 7.05 Å². The van der Waals surface area contributed by atoms with E-state index in [-0.39, 0.29) is 11.8 Å². The molecule has 15 heavy (non-hydrogen) atoms. The zero-order chi connectivity index (χ0) is 11.4. The van der Waals surface area contributed by atoms with Crippen LogP contribution in [0.1, 0.15) is 25.7 Å². The van der Waals surface area contributed by atoms with Gasteiger partial charge >= 0.3 is 0 Å². The van der Waals surface area contributed by atoms with Crippen LogP contribution in [0.3, 0.4) is 0 Å². The average molecular weight is 210 g/mol. The predicted molar refractivity (Wildman–Crippen MR) is 59.0 cm³/mol. The van der Waals surface area contributed by atoms with Crippen molar-refractivity contribution in [3.63, 3.8) is 0 Å². The normalized spacial score (nSPS) is 26.7. The molecule has 2 unspecified atom stereocenters. The molecule has 0 spiro atoms. The lowest BCUT2D eigenvalue weighted by atomic mass is 9.83. The van der Waals surface area contributed by atoms with Crippen molar-refractivity contribution in [1.29, 1.82) is 0 Å². The molecule has 4 nitrogen and oxygen atoms in total. The summed E-state index contributed by atoms with van der Waals surface area (Å²) in [7, 11) is 10.7. The molecule has 0 saturated heterocycles. The third-order valence-corrected chi connectivity index (χ3v) is 3.16. The highest BCUT2D eigenvalue weighted by Crippen LogP contribution is 2.27. The molecular weight excluding hydrogens is 191 g/mol. The standard InChI is InChI=1S/C10H19BN2O2/c1-12(11)9-6-4-5-8(7-9)10(14)13(2)15-3/h8-9H,4-7H2,1-3H3. The van der Waals surface area contributed by atoms with Gasteiger partial charge in [0.15, 0.2) is 7.98 Å². The van der Waals surface area contributed by atoms with Crippen molar-refractivity contribution < 1.29 is 9.63 Å². The van der Waals surface area contributed by atoms with Gasteiger partial charge in [0, 0.05) is 13.0 Å². The highest BCUT2D eigenvalue weighted by atomic mass is 16.7. The molecule has 0 aliphatic heterocycles. The van der Waals surface area contributed by atoms with Gasteiger partial charge in [-0.1, -0.05) is 6.42 Å². The first-order chi connectivity index (χ1) is 7.06. The lowest BCUT2D eigenvalue weighted by Crippen LogP contribution is -2.40. The Morgan fingerprint density at radius 3 is 2.60 bits per heavy atom. The number of hydrogen-bond donors (Lipinski definition) is 0. The second-order valence-electron chi connectivity index (χ2n) is 4.20. The number of rotatable bonds is 3. The number of amides is 1. The average Bonchev–Trinajstić information content (AvgIpc) is 2.27. The molecule has 1 saturated carbocycles. The van der Waals surface area contributed by atoms with E-state index >= 15 is 0 Å². The molecule has 0 heterocycles. The van der Waals surface area contributed by atoms with Gasteiger partial charge < -0.3 is 4.81 Å². The maximum atomic E-state index is 11.8. The summed E-state index contributed by atoms with van der Waals surface area (Å²) in [5.41, 5.74) is 0. The van der Waals surface area contributed by atoms with Gasteiger partial charge in [0.05, 0.1) is 7.11 Å². The van der Waals surface area contributed by atoms with Gasteiger partial charge in [-0.15, -0.1) is 0 Å². The van der Waals surface area contributed by atoms with Gasteiger partial charge in [-0.25, -0.2) is 5.06 Å². The smallest absolute Gasteiger partial charge is 0.249 e. The molecule has 1 aliphatic carbocycles. The Balaban J connectivity index is 2.52. The lowest BCUT2D eigenvalue weighted by Gasteiger charge is -2.34. The maximum Gasteiger partial charge on any atom is 0.249 e. The molecule has 0 aromatic heterocycles. The Kier molecular flexibility index (Phi) is 4.60. The quantitative estimate of drug-likeness (QED) is 0.504. The largest absolute Gasteiger partial charge is 0.354 e. The van der Waals surface area contributed by atoms with Crippen LogP contribution in [-0.2, 0) is 9.63 Å². The fraction of sp³-hybridized carbons (Fsp3) is 0.900. The van der Waals surface area contributed by atoms with Gasteiger partial charge in [0.25, 0.3) is 0 Å². The molecule has 0 bridgehead atoms. The highest BCUT2D eigenvalue weighted by molar-refractivity contribution is 6.04. The Hall–Kier alpha value is -0.545. The van der Waals surface area contributed by atoms with Gasteiger partial charge in [-0.05, 0) is 32.4 Å². The van der Waals surface area contributed by atoms with Crippen LogP contribution in [0.15, 0.2) is 0 Å². The highest BCUT2D eigenvalue weighted by Gasteiger charge is 2.29. The number of carbonyl (C=O) groups is 1. The van der Waals surface area contributed by atoms with Crippen LogP contribution in [0.5, 0.6) is 0 Å². The summed E-state index contributed by atoms with van der Waals surface area (Å²) in [5, 5.41) is 1.31. The second-order valence-corrected chi connectivity index (χ2v) is 4.20. The van der Waals surface area contributed by atoms with Gasteiger partial charge in [-0.3, -0.25) is 9.63 Å². The topological polar surface area (TPSA) is 32.8 Å². The number of hydroxylamine groups is 2. The third kappa shape index (κ3) is 3.21. The molecular formula is C10H19BN2O2. The molecule has 0 aromatic rings. The SMILES string of the molecule is [B]N(C)C1CCCC(C(=O)N(C)OC)C1. The van der Waals surface area contributed by atoms with Crippen molar-refractivity contribution in [2.75, 3.05) is 21.2 Å². The molecule has 1 aliphatic rings. The molecule has 84 valence electrons. The van der Waals surface area contributed by atoms with Crippen molar-refractivity contribution in [3.05, 3.63) is 0 Å². The molecule has 2 atom stereocenters. The fourth-order valence-corrected chi connectivity index (χ4v) is 2.11. The Labute approximate surface area is 92.9 Å². The van der Waals surface area contributed by atoms with Gasteiger partial charge in [0.2, 0.25) is 5.91 Å². The van der Waals surface area contributed by atoms with Crippen molar-refractivity contribution in [1.82, 2.24) is 9.87 Å². The summed E-state index contributed by atoms with van der Waals surface area (Å²) in [6, 6.07) is 0.318. The van der Waals surface area contributed by atoms with Crippen molar-refractivity contribution >= 4 is 13.9 Å². The molecule has 1 rings (SSSR count). The zero-order valence-electron chi connectivity index (χ0n) is 9.77. The molecule has 0 aromatic carbocycles. The minimum Gasteiger partial charge on any atom is -0.354 e. The Morgan fingerprint density at radius 2 is 2.07 bits per heavy atom. The monoisotopic (exact) mass is 210 g/mol. The van der Waals surface area contributed by atoms with Crippen molar-refractivity contribution in [2.24, 2.45) is 5.92 Å². The summed E-state index contributed by atoms with van der Waals surface area (Å²) in [5.74, 6) is 0.115. The second kappa shape index (κ2) is 5.51. The summed E-state index contributed by atoms with van der Waals surface area (Å²) in [6.45, 7) is 0. The minimum atomic E-state index is 0.0553. The summed E-state index contributed by atoms with van der Waals surface area (Å²) >= 11 is 0. The third-order valence-electron chi connectivity index (χ3n) is 3.16. The molecule has 0 N–H and O–H groups in total. The lowest BCUT2D eigenvalue weighted by molar-refractivity contribution is -0.174. The van der Waals surface area contributed by atoms with E-state index < -0.39 is 0 Å². The summed E-state index contributed by atoms with van der Waals surface area (Å²) in [6.07, 6.45) is 3.91. The first-order valence-corrected chi connectivity index (χ1v) is 5.35. The van der Waals surface area contributed by atoms with Crippen molar-refractivity contribution in [2.45, 2.75) is 31.7 Å². The van der Waals surface area contributed by atoms with E-state index in [4.69, 9.17) is 12.8 Å².